The van der Waals surface area contributed by atoms with Gasteiger partial charge in [-0.05, 0) is 57.1 Å². The maximum atomic E-state index is 4.39. The van der Waals surface area contributed by atoms with Gasteiger partial charge in [0.15, 0.2) is 0 Å². The maximum absolute atomic E-state index is 4.39. The van der Waals surface area contributed by atoms with E-state index in [2.05, 4.69) is 34.3 Å². The van der Waals surface area contributed by atoms with Crippen molar-refractivity contribution in [3.05, 3.63) is 30.1 Å². The summed E-state index contributed by atoms with van der Waals surface area (Å²) in [6.45, 7) is 7.93. The zero-order valence-electron chi connectivity index (χ0n) is 10.7. The highest BCUT2D eigenvalue weighted by atomic mass is 15.1. The summed E-state index contributed by atoms with van der Waals surface area (Å²) in [5.41, 5.74) is 1.18. The number of hydrogen-bond acceptors (Lipinski definition) is 3. The zero-order valence-corrected chi connectivity index (χ0v) is 10.7. The Morgan fingerprint density at radius 1 is 1.47 bits per heavy atom. The van der Waals surface area contributed by atoms with Crippen LogP contribution in [0, 0.1) is 5.92 Å². The molecule has 0 spiro atoms. The summed E-state index contributed by atoms with van der Waals surface area (Å²) < 4.78 is 0. The number of nitrogens with one attached hydrogen (secondary N) is 1. The fourth-order valence-corrected chi connectivity index (χ4v) is 2.40. The standard InChI is InChI=1S/C14H23N3/c1-2-17(10-7-13-6-9-15-11-13)12-14-5-3-4-8-16-14/h3-5,8,13,15H,2,6-7,9-12H2,1H3. The molecule has 0 bridgehead atoms. The van der Waals surface area contributed by atoms with E-state index in [1.807, 2.05) is 12.3 Å². The van der Waals surface area contributed by atoms with Crippen LogP contribution in [-0.2, 0) is 6.54 Å². The average Bonchev–Trinajstić information content (AvgIpc) is 2.89. The second kappa shape index (κ2) is 6.72. The topological polar surface area (TPSA) is 28.2 Å². The van der Waals surface area contributed by atoms with Crippen molar-refractivity contribution < 1.29 is 0 Å². The quantitative estimate of drug-likeness (QED) is 0.813. The molecule has 0 aromatic carbocycles. The van der Waals surface area contributed by atoms with Crippen molar-refractivity contribution >= 4 is 0 Å². The zero-order chi connectivity index (χ0) is 11.9. The van der Waals surface area contributed by atoms with Crippen LogP contribution in [0.1, 0.15) is 25.5 Å². The predicted molar refractivity (Wildman–Crippen MR) is 70.8 cm³/mol. The van der Waals surface area contributed by atoms with Crippen LogP contribution in [0.15, 0.2) is 24.4 Å². The van der Waals surface area contributed by atoms with Gasteiger partial charge in [-0.2, -0.15) is 0 Å². The van der Waals surface area contributed by atoms with Gasteiger partial charge in [0, 0.05) is 12.7 Å². The van der Waals surface area contributed by atoms with E-state index in [0.29, 0.717) is 0 Å². The molecule has 0 radical (unpaired) electrons. The van der Waals surface area contributed by atoms with Crippen molar-refractivity contribution in [3.8, 4) is 0 Å². The third kappa shape index (κ3) is 4.10. The van der Waals surface area contributed by atoms with E-state index in [4.69, 9.17) is 0 Å². The molecule has 1 aliphatic heterocycles. The van der Waals surface area contributed by atoms with Gasteiger partial charge in [0.05, 0.1) is 5.69 Å². The monoisotopic (exact) mass is 233 g/mol. The summed E-state index contributed by atoms with van der Waals surface area (Å²) in [5.74, 6) is 0.882. The van der Waals surface area contributed by atoms with Gasteiger partial charge in [0.2, 0.25) is 0 Å². The van der Waals surface area contributed by atoms with Crippen LogP contribution in [0.2, 0.25) is 0 Å². The lowest BCUT2D eigenvalue weighted by Gasteiger charge is -2.21. The van der Waals surface area contributed by atoms with Crippen molar-refractivity contribution in [2.24, 2.45) is 5.92 Å². The largest absolute Gasteiger partial charge is 0.316 e. The Labute approximate surface area is 104 Å². The lowest BCUT2D eigenvalue weighted by atomic mass is 10.0. The number of aromatic nitrogens is 1. The second-order valence-corrected chi connectivity index (χ2v) is 4.84. The Morgan fingerprint density at radius 2 is 2.41 bits per heavy atom. The molecular formula is C14H23N3. The van der Waals surface area contributed by atoms with Gasteiger partial charge in [-0.15, -0.1) is 0 Å². The molecule has 17 heavy (non-hydrogen) atoms. The number of hydrogen-bond donors (Lipinski definition) is 1. The normalized spacial score (nSPS) is 20.0. The SMILES string of the molecule is CCN(CCC1CCNC1)Cc1ccccn1. The van der Waals surface area contributed by atoms with E-state index in [9.17, 15) is 0 Å². The van der Waals surface area contributed by atoms with Crippen LogP contribution in [-0.4, -0.2) is 36.1 Å². The number of nitrogens with zero attached hydrogens (tertiary/aromatic N) is 2. The highest BCUT2D eigenvalue weighted by Crippen LogP contribution is 2.13. The molecule has 0 aliphatic carbocycles. The summed E-state index contributed by atoms with van der Waals surface area (Å²) in [7, 11) is 0. The third-order valence-corrected chi connectivity index (χ3v) is 3.57. The number of pyridine rings is 1. The van der Waals surface area contributed by atoms with Gasteiger partial charge >= 0.3 is 0 Å². The van der Waals surface area contributed by atoms with E-state index in [1.165, 1.54) is 38.2 Å². The Kier molecular flexibility index (Phi) is 4.95. The van der Waals surface area contributed by atoms with Crippen molar-refractivity contribution in [1.82, 2.24) is 15.2 Å². The van der Waals surface area contributed by atoms with Crippen LogP contribution >= 0.6 is 0 Å². The Morgan fingerprint density at radius 3 is 3.06 bits per heavy atom. The first kappa shape index (κ1) is 12.5. The molecule has 2 rings (SSSR count). The van der Waals surface area contributed by atoms with Crippen molar-refractivity contribution in [3.63, 3.8) is 0 Å². The van der Waals surface area contributed by atoms with Crippen LogP contribution in [0.4, 0.5) is 0 Å². The first-order valence-corrected chi connectivity index (χ1v) is 6.71. The van der Waals surface area contributed by atoms with Crippen LogP contribution in [0.5, 0.6) is 0 Å². The van der Waals surface area contributed by atoms with Crippen LogP contribution < -0.4 is 5.32 Å². The van der Waals surface area contributed by atoms with E-state index >= 15 is 0 Å². The van der Waals surface area contributed by atoms with Gasteiger partial charge in [-0.1, -0.05) is 13.0 Å². The van der Waals surface area contributed by atoms with Gasteiger partial charge in [0.1, 0.15) is 0 Å². The van der Waals surface area contributed by atoms with Crippen molar-refractivity contribution in [2.75, 3.05) is 26.2 Å². The predicted octanol–water partition coefficient (Wildman–Crippen LogP) is 1.90. The lowest BCUT2D eigenvalue weighted by molar-refractivity contribution is 0.256. The summed E-state index contributed by atoms with van der Waals surface area (Å²) in [4.78, 5) is 6.88. The molecule has 1 N–H and O–H groups in total. The Bertz CT molecular complexity index is 307. The summed E-state index contributed by atoms with van der Waals surface area (Å²) in [5, 5.41) is 3.43. The van der Waals surface area contributed by atoms with E-state index in [1.54, 1.807) is 0 Å². The van der Waals surface area contributed by atoms with Gasteiger partial charge in [0.25, 0.3) is 0 Å². The fourth-order valence-electron chi connectivity index (χ4n) is 2.40. The minimum Gasteiger partial charge on any atom is -0.316 e. The smallest absolute Gasteiger partial charge is 0.0543 e. The molecule has 2 heterocycles. The molecule has 0 amide bonds. The molecule has 1 aromatic heterocycles. The minimum atomic E-state index is 0.882. The molecule has 1 aromatic rings. The molecular weight excluding hydrogens is 210 g/mol. The molecule has 1 atom stereocenters. The molecule has 1 fully saturated rings. The van der Waals surface area contributed by atoms with Gasteiger partial charge < -0.3 is 5.32 Å². The van der Waals surface area contributed by atoms with E-state index < -0.39 is 0 Å². The molecule has 3 nitrogen and oxygen atoms in total. The first-order chi connectivity index (χ1) is 8.38. The van der Waals surface area contributed by atoms with Crippen molar-refractivity contribution in [2.45, 2.75) is 26.3 Å². The average molecular weight is 233 g/mol. The van der Waals surface area contributed by atoms with Crippen LogP contribution in [0.25, 0.3) is 0 Å². The van der Waals surface area contributed by atoms with Crippen molar-refractivity contribution in [1.29, 1.82) is 0 Å². The summed E-state index contributed by atoms with van der Waals surface area (Å²) >= 11 is 0. The molecule has 1 aliphatic rings. The highest BCUT2D eigenvalue weighted by Gasteiger charge is 2.15. The first-order valence-electron chi connectivity index (χ1n) is 6.71. The summed E-state index contributed by atoms with van der Waals surface area (Å²) in [6, 6.07) is 6.15. The summed E-state index contributed by atoms with van der Waals surface area (Å²) in [6.07, 6.45) is 4.54. The minimum absolute atomic E-state index is 0.882. The molecule has 3 heteroatoms. The fraction of sp³-hybridized carbons (Fsp3) is 0.643. The molecule has 1 unspecified atom stereocenters. The highest BCUT2D eigenvalue weighted by molar-refractivity contribution is 5.03. The van der Waals surface area contributed by atoms with E-state index in [-0.39, 0.29) is 0 Å². The van der Waals surface area contributed by atoms with Crippen LogP contribution in [0.3, 0.4) is 0 Å². The molecule has 94 valence electrons. The van der Waals surface area contributed by atoms with Gasteiger partial charge in [-0.3, -0.25) is 9.88 Å². The van der Waals surface area contributed by atoms with Gasteiger partial charge in [-0.25, -0.2) is 0 Å². The Balaban J connectivity index is 1.76. The maximum Gasteiger partial charge on any atom is 0.0543 e. The lowest BCUT2D eigenvalue weighted by Crippen LogP contribution is -2.26. The third-order valence-electron chi connectivity index (χ3n) is 3.57. The number of rotatable bonds is 6. The Hall–Kier alpha value is -0.930. The second-order valence-electron chi connectivity index (χ2n) is 4.84. The molecule has 0 saturated carbocycles. The van der Waals surface area contributed by atoms with E-state index in [0.717, 1.165) is 19.0 Å². The molecule has 1 saturated heterocycles.